The number of hydrogen-bond acceptors (Lipinski definition) is 1. The number of hydrogen-bond donors (Lipinski definition) is 1. The van der Waals surface area contributed by atoms with Crippen LogP contribution in [0, 0.1) is 17.8 Å². The molecule has 1 saturated carbocycles. The quantitative estimate of drug-likeness (QED) is 0.752. The Balaban J connectivity index is 1.69. The van der Waals surface area contributed by atoms with Crippen LogP contribution in [0.2, 0.25) is 0 Å². The Hall–Kier alpha value is -0.970. The molecule has 5 heteroatoms. The van der Waals surface area contributed by atoms with Crippen LogP contribution in [0.3, 0.4) is 0 Å². The van der Waals surface area contributed by atoms with E-state index >= 15 is 0 Å². The predicted molar refractivity (Wildman–Crippen MR) is 76.5 cm³/mol. The predicted octanol–water partition coefficient (Wildman–Crippen LogP) is 5.09. The summed E-state index contributed by atoms with van der Waals surface area (Å²) in [7, 11) is 0. The average Bonchev–Trinajstić information content (AvgIpc) is 2.98. The van der Waals surface area contributed by atoms with Crippen molar-refractivity contribution in [1.82, 2.24) is 0 Å². The van der Waals surface area contributed by atoms with Crippen molar-refractivity contribution < 1.29 is 13.2 Å². The number of benzene rings is 1. The summed E-state index contributed by atoms with van der Waals surface area (Å²) >= 11 is 3.30. The fraction of sp³-hybridized carbons (Fsp3) is 0.467. The van der Waals surface area contributed by atoms with Gasteiger partial charge in [0, 0.05) is 16.7 Å². The van der Waals surface area contributed by atoms with Gasteiger partial charge in [-0.3, -0.25) is 0 Å². The van der Waals surface area contributed by atoms with Crippen molar-refractivity contribution in [1.29, 1.82) is 0 Å². The molecule has 2 bridgehead atoms. The zero-order chi connectivity index (χ0) is 14.3. The van der Waals surface area contributed by atoms with Crippen LogP contribution in [0.4, 0.5) is 18.9 Å². The molecule has 1 fully saturated rings. The van der Waals surface area contributed by atoms with Gasteiger partial charge in [-0.25, -0.2) is 0 Å². The molecule has 1 N–H and O–H groups in total. The molecule has 20 heavy (non-hydrogen) atoms. The zero-order valence-corrected chi connectivity index (χ0v) is 12.3. The van der Waals surface area contributed by atoms with Crippen LogP contribution in [-0.2, 0) is 6.18 Å². The van der Waals surface area contributed by atoms with E-state index in [4.69, 9.17) is 0 Å². The van der Waals surface area contributed by atoms with E-state index in [1.807, 2.05) is 0 Å². The molecule has 3 atom stereocenters. The summed E-state index contributed by atoms with van der Waals surface area (Å²) in [5, 5.41) is 3.17. The van der Waals surface area contributed by atoms with Crippen molar-refractivity contribution in [3.05, 3.63) is 40.4 Å². The smallest absolute Gasteiger partial charge is 0.384 e. The molecule has 2 aliphatic carbocycles. The lowest BCUT2D eigenvalue weighted by Gasteiger charge is -2.20. The minimum Gasteiger partial charge on any atom is -0.384 e. The summed E-state index contributed by atoms with van der Waals surface area (Å²) < 4.78 is 38.8. The van der Waals surface area contributed by atoms with Gasteiger partial charge in [-0.15, -0.1) is 0 Å². The van der Waals surface area contributed by atoms with Gasteiger partial charge >= 0.3 is 6.18 Å². The average molecular weight is 346 g/mol. The molecule has 1 nitrogen and oxygen atoms in total. The first-order valence-corrected chi connectivity index (χ1v) is 7.52. The molecule has 1 aromatic rings. The number of anilines is 1. The van der Waals surface area contributed by atoms with Crippen molar-refractivity contribution in [3.8, 4) is 0 Å². The van der Waals surface area contributed by atoms with Crippen molar-refractivity contribution in [2.45, 2.75) is 19.0 Å². The number of halogens is 4. The van der Waals surface area contributed by atoms with Crippen LogP contribution in [0.5, 0.6) is 0 Å². The van der Waals surface area contributed by atoms with Gasteiger partial charge in [0.05, 0.1) is 5.56 Å². The van der Waals surface area contributed by atoms with Crippen molar-refractivity contribution in [2.75, 3.05) is 11.9 Å². The Kier molecular flexibility index (Phi) is 3.56. The maximum absolute atomic E-state index is 12.7. The van der Waals surface area contributed by atoms with E-state index in [-0.39, 0.29) is 0 Å². The molecule has 3 unspecified atom stereocenters. The first-order chi connectivity index (χ1) is 9.43. The van der Waals surface area contributed by atoms with E-state index in [2.05, 4.69) is 33.4 Å². The summed E-state index contributed by atoms with van der Waals surface area (Å²) in [6.45, 7) is 0.728. The minimum absolute atomic E-state index is 0.520. The molecule has 0 heterocycles. The highest BCUT2D eigenvalue weighted by atomic mass is 79.9. The first kappa shape index (κ1) is 14.0. The highest BCUT2D eigenvalue weighted by Crippen LogP contribution is 2.43. The SMILES string of the molecule is FC(F)(F)c1ccc(Br)c(NCC2CC3C=CC2C3)c1. The summed E-state index contributed by atoms with van der Waals surface area (Å²) in [4.78, 5) is 0. The molecule has 0 radical (unpaired) electrons. The molecule has 0 saturated heterocycles. The van der Waals surface area contributed by atoms with Gasteiger partial charge in [-0.2, -0.15) is 13.2 Å². The van der Waals surface area contributed by atoms with E-state index in [9.17, 15) is 13.2 Å². The van der Waals surface area contributed by atoms with Crippen molar-refractivity contribution in [3.63, 3.8) is 0 Å². The zero-order valence-electron chi connectivity index (χ0n) is 10.8. The first-order valence-electron chi connectivity index (χ1n) is 6.72. The highest BCUT2D eigenvalue weighted by molar-refractivity contribution is 9.10. The molecule has 0 spiro atoms. The van der Waals surface area contributed by atoms with Crippen molar-refractivity contribution in [2.24, 2.45) is 17.8 Å². The van der Waals surface area contributed by atoms with Gasteiger partial charge in [-0.1, -0.05) is 12.2 Å². The van der Waals surface area contributed by atoms with Crippen LogP contribution in [0.15, 0.2) is 34.8 Å². The maximum atomic E-state index is 12.7. The molecule has 0 aromatic heterocycles. The largest absolute Gasteiger partial charge is 0.416 e. The van der Waals surface area contributed by atoms with Gasteiger partial charge in [0.2, 0.25) is 0 Å². The highest BCUT2D eigenvalue weighted by Gasteiger charge is 2.35. The Morgan fingerprint density at radius 1 is 1.20 bits per heavy atom. The maximum Gasteiger partial charge on any atom is 0.416 e. The van der Waals surface area contributed by atoms with E-state index in [0.29, 0.717) is 27.9 Å². The molecule has 0 amide bonds. The Morgan fingerprint density at radius 3 is 2.60 bits per heavy atom. The van der Waals surface area contributed by atoms with Crippen molar-refractivity contribution >= 4 is 21.6 Å². The second-order valence-corrected chi connectivity index (χ2v) is 6.47. The third-order valence-electron chi connectivity index (χ3n) is 4.26. The Labute approximate surface area is 124 Å². The third kappa shape index (κ3) is 2.73. The molecular formula is C15H15BrF3N. The molecular weight excluding hydrogens is 331 g/mol. The normalized spacial score (nSPS) is 28.1. The van der Waals surface area contributed by atoms with Crippen LogP contribution in [0.25, 0.3) is 0 Å². The van der Waals surface area contributed by atoms with Gasteiger partial charge in [-0.05, 0) is 64.7 Å². The topological polar surface area (TPSA) is 12.0 Å². The molecule has 1 aromatic carbocycles. The van der Waals surface area contributed by atoms with Crippen LogP contribution < -0.4 is 5.32 Å². The van der Waals surface area contributed by atoms with E-state index < -0.39 is 11.7 Å². The van der Waals surface area contributed by atoms with E-state index in [1.165, 1.54) is 18.6 Å². The van der Waals surface area contributed by atoms with Crippen LogP contribution in [0.1, 0.15) is 18.4 Å². The van der Waals surface area contributed by atoms with E-state index in [0.717, 1.165) is 19.0 Å². The van der Waals surface area contributed by atoms with Gasteiger partial charge in [0.1, 0.15) is 0 Å². The number of alkyl halides is 3. The lowest BCUT2D eigenvalue weighted by atomic mass is 9.93. The summed E-state index contributed by atoms with van der Waals surface area (Å²) in [6, 6.07) is 3.72. The number of rotatable bonds is 3. The molecule has 2 aliphatic rings. The van der Waals surface area contributed by atoms with Crippen LogP contribution >= 0.6 is 15.9 Å². The monoisotopic (exact) mass is 345 g/mol. The van der Waals surface area contributed by atoms with E-state index in [1.54, 1.807) is 0 Å². The molecule has 3 rings (SSSR count). The van der Waals surface area contributed by atoms with Gasteiger partial charge in [0.25, 0.3) is 0 Å². The Morgan fingerprint density at radius 2 is 2.00 bits per heavy atom. The fourth-order valence-corrected chi connectivity index (χ4v) is 3.59. The second kappa shape index (κ2) is 5.10. The lowest BCUT2D eigenvalue weighted by Crippen LogP contribution is -2.18. The number of allylic oxidation sites excluding steroid dienone is 2. The lowest BCUT2D eigenvalue weighted by molar-refractivity contribution is -0.137. The Bertz CT molecular complexity index is 538. The second-order valence-electron chi connectivity index (χ2n) is 5.61. The van der Waals surface area contributed by atoms with Gasteiger partial charge in [0.15, 0.2) is 0 Å². The number of nitrogens with one attached hydrogen (secondary N) is 1. The van der Waals surface area contributed by atoms with Crippen LogP contribution in [-0.4, -0.2) is 6.54 Å². The summed E-state index contributed by atoms with van der Waals surface area (Å²) in [5.74, 6) is 1.81. The third-order valence-corrected chi connectivity index (χ3v) is 4.96. The molecule has 0 aliphatic heterocycles. The summed E-state index contributed by atoms with van der Waals surface area (Å²) in [6.07, 6.45) is 2.57. The number of fused-ring (bicyclic) bond motifs is 2. The standard InChI is InChI=1S/C15H15BrF3N/c16-13-4-3-12(15(17,18)19)7-14(13)20-8-11-6-9-1-2-10(11)5-9/h1-4,7,9-11,20H,5-6,8H2. The summed E-state index contributed by atoms with van der Waals surface area (Å²) in [5.41, 5.74) is -0.0948. The molecule has 108 valence electrons. The fourth-order valence-electron chi connectivity index (χ4n) is 3.21. The minimum atomic E-state index is -4.30. The van der Waals surface area contributed by atoms with Gasteiger partial charge < -0.3 is 5.32 Å².